The van der Waals surface area contributed by atoms with Crippen molar-refractivity contribution in [3.8, 4) is 0 Å². The van der Waals surface area contributed by atoms with Gasteiger partial charge in [-0.1, -0.05) is 26.0 Å². The Morgan fingerprint density at radius 1 is 1.24 bits per heavy atom. The minimum absolute atomic E-state index is 0.0197. The molecule has 1 aromatic rings. The molecule has 1 aliphatic heterocycles. The SMILES string of the molecule is CC(C)c1ccc(S(=O)(=O)N=C(N)N2CCOCC2)cc1. The van der Waals surface area contributed by atoms with Crippen LogP contribution in [-0.4, -0.2) is 45.6 Å². The van der Waals surface area contributed by atoms with Crippen molar-refractivity contribution in [3.63, 3.8) is 0 Å². The van der Waals surface area contributed by atoms with E-state index in [1.54, 1.807) is 29.2 Å². The third-order valence-electron chi connectivity index (χ3n) is 3.39. The van der Waals surface area contributed by atoms with E-state index < -0.39 is 10.0 Å². The van der Waals surface area contributed by atoms with E-state index in [1.807, 2.05) is 0 Å². The van der Waals surface area contributed by atoms with Gasteiger partial charge in [-0.3, -0.25) is 0 Å². The maximum Gasteiger partial charge on any atom is 0.285 e. The van der Waals surface area contributed by atoms with Crippen LogP contribution in [0.25, 0.3) is 0 Å². The highest BCUT2D eigenvalue weighted by Gasteiger charge is 2.18. The van der Waals surface area contributed by atoms with Gasteiger partial charge in [-0.25, -0.2) is 0 Å². The molecule has 0 aliphatic carbocycles. The smallest absolute Gasteiger partial charge is 0.285 e. The molecule has 1 aromatic carbocycles. The molecule has 2 N–H and O–H groups in total. The predicted molar refractivity (Wildman–Crippen MR) is 81.7 cm³/mol. The molecular formula is C14H21N3O3S. The Morgan fingerprint density at radius 2 is 1.81 bits per heavy atom. The zero-order chi connectivity index (χ0) is 15.5. The number of morpholine rings is 1. The molecule has 0 saturated carbocycles. The van der Waals surface area contributed by atoms with Gasteiger partial charge in [0.2, 0.25) is 5.96 Å². The van der Waals surface area contributed by atoms with Crippen LogP contribution in [0.5, 0.6) is 0 Å². The number of guanidine groups is 1. The first kappa shape index (κ1) is 15.8. The molecule has 7 heteroatoms. The average Bonchev–Trinajstić information content (AvgIpc) is 2.48. The van der Waals surface area contributed by atoms with Crippen LogP contribution in [0.2, 0.25) is 0 Å². The molecule has 0 radical (unpaired) electrons. The van der Waals surface area contributed by atoms with Crippen LogP contribution in [-0.2, 0) is 14.8 Å². The lowest BCUT2D eigenvalue weighted by atomic mass is 10.0. The van der Waals surface area contributed by atoms with Gasteiger partial charge in [0.1, 0.15) is 0 Å². The quantitative estimate of drug-likeness (QED) is 0.668. The van der Waals surface area contributed by atoms with Crippen LogP contribution in [0.4, 0.5) is 0 Å². The molecule has 0 aromatic heterocycles. The number of sulfonamides is 1. The fourth-order valence-electron chi connectivity index (χ4n) is 2.05. The summed E-state index contributed by atoms with van der Waals surface area (Å²) in [5.41, 5.74) is 6.87. The Bertz CT molecular complexity index is 603. The number of hydrogen-bond donors (Lipinski definition) is 1. The first-order chi connectivity index (χ1) is 9.90. The van der Waals surface area contributed by atoms with E-state index in [1.165, 1.54) is 0 Å². The van der Waals surface area contributed by atoms with Gasteiger partial charge < -0.3 is 15.4 Å². The summed E-state index contributed by atoms with van der Waals surface area (Å²) in [6.45, 7) is 6.27. The monoisotopic (exact) mass is 311 g/mol. The molecule has 0 bridgehead atoms. The Labute approximate surface area is 125 Å². The van der Waals surface area contributed by atoms with E-state index in [9.17, 15) is 8.42 Å². The van der Waals surface area contributed by atoms with Crippen LogP contribution >= 0.6 is 0 Å². The number of nitrogens with zero attached hydrogens (tertiary/aromatic N) is 2. The Hall–Kier alpha value is -1.60. The van der Waals surface area contributed by atoms with Crippen LogP contribution in [0, 0.1) is 0 Å². The first-order valence-electron chi connectivity index (χ1n) is 6.93. The summed E-state index contributed by atoms with van der Waals surface area (Å²) in [6.07, 6.45) is 0. The zero-order valence-corrected chi connectivity index (χ0v) is 13.1. The topological polar surface area (TPSA) is 85.0 Å². The second-order valence-corrected chi connectivity index (χ2v) is 6.85. The number of ether oxygens (including phenoxy) is 1. The molecule has 1 saturated heterocycles. The molecule has 6 nitrogen and oxygen atoms in total. The summed E-state index contributed by atoms with van der Waals surface area (Å²) in [4.78, 5) is 1.87. The molecule has 1 fully saturated rings. The van der Waals surface area contributed by atoms with Crippen molar-refractivity contribution < 1.29 is 13.2 Å². The van der Waals surface area contributed by atoms with Crippen molar-refractivity contribution in [2.75, 3.05) is 26.3 Å². The Kier molecular flexibility index (Phi) is 4.84. The van der Waals surface area contributed by atoms with E-state index >= 15 is 0 Å². The fourth-order valence-corrected chi connectivity index (χ4v) is 3.00. The molecule has 0 atom stereocenters. The minimum Gasteiger partial charge on any atom is -0.378 e. The Balaban J connectivity index is 2.20. The van der Waals surface area contributed by atoms with Crippen molar-refractivity contribution in [2.45, 2.75) is 24.7 Å². The van der Waals surface area contributed by atoms with E-state index in [0.29, 0.717) is 32.2 Å². The van der Waals surface area contributed by atoms with Crippen molar-refractivity contribution in [2.24, 2.45) is 10.1 Å². The summed E-state index contributed by atoms with van der Waals surface area (Å²) in [6, 6.07) is 6.75. The minimum atomic E-state index is -3.77. The van der Waals surface area contributed by atoms with Crippen molar-refractivity contribution in [1.82, 2.24) is 4.90 Å². The molecule has 1 aliphatic rings. The van der Waals surface area contributed by atoms with Gasteiger partial charge in [-0.05, 0) is 23.6 Å². The predicted octanol–water partition coefficient (Wildman–Crippen LogP) is 1.15. The van der Waals surface area contributed by atoms with Gasteiger partial charge in [0.05, 0.1) is 18.1 Å². The number of rotatable bonds is 3. The van der Waals surface area contributed by atoms with Gasteiger partial charge in [0, 0.05) is 13.1 Å². The largest absolute Gasteiger partial charge is 0.378 e. The first-order valence-corrected chi connectivity index (χ1v) is 8.37. The van der Waals surface area contributed by atoms with E-state index in [4.69, 9.17) is 10.5 Å². The lowest BCUT2D eigenvalue weighted by Gasteiger charge is -2.27. The number of hydrogen-bond acceptors (Lipinski definition) is 3. The number of benzene rings is 1. The van der Waals surface area contributed by atoms with E-state index in [2.05, 4.69) is 18.2 Å². The summed E-state index contributed by atoms with van der Waals surface area (Å²) in [5, 5.41) is 0. The van der Waals surface area contributed by atoms with Crippen molar-refractivity contribution >= 4 is 16.0 Å². The van der Waals surface area contributed by atoms with Gasteiger partial charge in [-0.15, -0.1) is 4.40 Å². The Morgan fingerprint density at radius 3 is 2.33 bits per heavy atom. The average molecular weight is 311 g/mol. The highest BCUT2D eigenvalue weighted by molar-refractivity contribution is 7.90. The van der Waals surface area contributed by atoms with Gasteiger partial charge in [0.15, 0.2) is 0 Å². The third-order valence-corrected chi connectivity index (χ3v) is 4.69. The molecule has 0 amide bonds. The third kappa shape index (κ3) is 3.95. The van der Waals surface area contributed by atoms with Gasteiger partial charge in [-0.2, -0.15) is 8.42 Å². The molecular weight excluding hydrogens is 290 g/mol. The van der Waals surface area contributed by atoms with Crippen LogP contribution in [0.1, 0.15) is 25.3 Å². The lowest BCUT2D eigenvalue weighted by molar-refractivity contribution is 0.0676. The molecule has 116 valence electrons. The molecule has 2 rings (SSSR count). The summed E-state index contributed by atoms with van der Waals surface area (Å²) < 4.78 is 33.4. The van der Waals surface area contributed by atoms with Gasteiger partial charge in [0.25, 0.3) is 10.0 Å². The maximum absolute atomic E-state index is 12.2. The number of nitrogens with two attached hydrogens (primary N) is 1. The second-order valence-electron chi connectivity index (χ2n) is 5.25. The molecule has 0 unspecified atom stereocenters. The summed E-state index contributed by atoms with van der Waals surface area (Å²) >= 11 is 0. The zero-order valence-electron chi connectivity index (χ0n) is 12.3. The second kappa shape index (κ2) is 6.44. The van der Waals surface area contributed by atoms with Crippen molar-refractivity contribution in [1.29, 1.82) is 0 Å². The highest BCUT2D eigenvalue weighted by atomic mass is 32.2. The molecule has 0 spiro atoms. The highest BCUT2D eigenvalue weighted by Crippen LogP contribution is 2.18. The maximum atomic E-state index is 12.2. The summed E-state index contributed by atoms with van der Waals surface area (Å²) in [7, 11) is -3.77. The molecule has 1 heterocycles. The van der Waals surface area contributed by atoms with Crippen LogP contribution in [0.15, 0.2) is 33.6 Å². The lowest BCUT2D eigenvalue weighted by Crippen LogP contribution is -2.45. The fraction of sp³-hybridized carbons (Fsp3) is 0.500. The van der Waals surface area contributed by atoms with Crippen LogP contribution in [0.3, 0.4) is 0 Å². The van der Waals surface area contributed by atoms with Crippen molar-refractivity contribution in [3.05, 3.63) is 29.8 Å². The van der Waals surface area contributed by atoms with Gasteiger partial charge >= 0.3 is 0 Å². The van der Waals surface area contributed by atoms with Crippen LogP contribution < -0.4 is 5.73 Å². The normalized spacial score (nSPS) is 17.3. The summed E-state index contributed by atoms with van der Waals surface area (Å²) in [5.74, 6) is 0.370. The van der Waals surface area contributed by atoms with E-state index in [0.717, 1.165) is 5.56 Å². The standard InChI is InChI=1S/C14H21N3O3S/c1-11(2)12-3-5-13(6-4-12)21(18,19)16-14(15)17-7-9-20-10-8-17/h3-6,11H,7-10H2,1-2H3,(H2,15,16). The molecule has 21 heavy (non-hydrogen) atoms. The van der Waals surface area contributed by atoms with E-state index in [-0.39, 0.29) is 10.9 Å².